The lowest BCUT2D eigenvalue weighted by Gasteiger charge is -2.23. The summed E-state index contributed by atoms with van der Waals surface area (Å²) >= 11 is 19.1. The first-order chi connectivity index (χ1) is 45.1. The van der Waals surface area contributed by atoms with Gasteiger partial charge in [0, 0.05) is 82.6 Å². The fourth-order valence-electron chi connectivity index (χ4n) is 11.3. The minimum absolute atomic E-state index is 0.144. The first-order valence-electron chi connectivity index (χ1n) is 30.4. The van der Waals surface area contributed by atoms with Gasteiger partial charge in [-0.05, 0) is 153 Å². The number of pyridine rings is 4. The maximum Gasteiger partial charge on any atom is 0.272 e. The van der Waals surface area contributed by atoms with Crippen LogP contribution in [0.3, 0.4) is 0 Å². The molecule has 12 aromatic rings. The fourth-order valence-corrected chi connectivity index (χ4v) is 12.0. The number of hydrogen-bond donors (Lipinski definition) is 3. The number of rotatable bonds is 16. The average Bonchev–Trinajstić information content (AvgIpc) is 1.71. The van der Waals surface area contributed by atoms with Crippen LogP contribution in [-0.2, 0) is 12.8 Å². The fraction of sp³-hybridized carbons (Fsp3) is 0.162. The average molecular weight is 1290 g/mol. The molecule has 6 heterocycles. The summed E-state index contributed by atoms with van der Waals surface area (Å²) in [4.78, 5) is 87.9. The monoisotopic (exact) mass is 1290 g/mol. The number of carbonyl (C=O) groups excluding carboxylic acids is 2. The highest BCUT2D eigenvalue weighted by Crippen LogP contribution is 2.34. The van der Waals surface area contributed by atoms with Gasteiger partial charge in [0.15, 0.2) is 0 Å². The van der Waals surface area contributed by atoms with Gasteiger partial charge in [-0.3, -0.25) is 52.6 Å². The number of benzene rings is 6. The number of aryl methyl sites for hydroxylation is 1. The largest absolute Gasteiger partial charge is 0.377 e. The molecule has 3 atom stereocenters. The Hall–Kier alpha value is -10.4. The van der Waals surface area contributed by atoms with E-state index in [9.17, 15) is 24.0 Å². The van der Waals surface area contributed by atoms with Crippen LogP contribution in [0.15, 0.2) is 234 Å². The quantitative estimate of drug-likeness (QED) is 0.0831. The molecule has 0 spiro atoms. The van der Waals surface area contributed by atoms with Crippen molar-refractivity contribution in [2.45, 2.75) is 71.5 Å². The van der Waals surface area contributed by atoms with Crippen molar-refractivity contribution in [3.63, 3.8) is 0 Å². The summed E-state index contributed by atoms with van der Waals surface area (Å²) in [6, 6.07) is 52.9. The van der Waals surface area contributed by atoms with E-state index in [2.05, 4.69) is 47.4 Å². The highest BCUT2D eigenvalue weighted by molar-refractivity contribution is 6.36. The number of fused-ring (bicyclic) bond motifs is 3. The summed E-state index contributed by atoms with van der Waals surface area (Å²) < 4.78 is 4.92. The van der Waals surface area contributed by atoms with Crippen LogP contribution >= 0.6 is 34.8 Å². The van der Waals surface area contributed by atoms with Gasteiger partial charge < -0.3 is 16.0 Å². The van der Waals surface area contributed by atoms with E-state index in [4.69, 9.17) is 34.8 Å². The minimum Gasteiger partial charge on any atom is -0.377 e. The molecular weight excluding hydrogens is 1230 g/mol. The lowest BCUT2D eigenvalue weighted by molar-refractivity contribution is 0.0923. The number of nitrogens with zero attached hydrogens (tertiary/aromatic N) is 8. The Bertz CT molecular complexity index is 4930. The Morgan fingerprint density at radius 1 is 0.484 bits per heavy atom. The van der Waals surface area contributed by atoms with E-state index in [1.54, 1.807) is 62.8 Å². The van der Waals surface area contributed by atoms with Crippen molar-refractivity contribution in [3.05, 3.63) is 311 Å². The Balaban J connectivity index is 0.000000143. The van der Waals surface area contributed by atoms with Crippen molar-refractivity contribution in [2.75, 3.05) is 0 Å². The van der Waals surface area contributed by atoms with Gasteiger partial charge >= 0.3 is 0 Å². The van der Waals surface area contributed by atoms with Crippen molar-refractivity contribution in [2.24, 2.45) is 5.92 Å². The molecule has 1 aliphatic carbocycles. The van der Waals surface area contributed by atoms with Crippen LogP contribution < -0.4 is 32.6 Å². The van der Waals surface area contributed by atoms with Crippen LogP contribution in [0.2, 0.25) is 15.1 Å². The highest BCUT2D eigenvalue weighted by Gasteiger charge is 2.28. The summed E-state index contributed by atoms with van der Waals surface area (Å²) in [5, 5.41) is 14.3. The second kappa shape index (κ2) is 28.8. The second-order valence-corrected chi connectivity index (χ2v) is 23.7. The third-order valence-corrected chi connectivity index (χ3v) is 17.0. The van der Waals surface area contributed by atoms with Crippen LogP contribution in [0.25, 0.3) is 55.1 Å². The molecule has 0 bridgehead atoms. The summed E-state index contributed by atoms with van der Waals surface area (Å²) in [6.07, 6.45) is 13.4. The molecule has 13 rings (SSSR count). The maximum absolute atomic E-state index is 13.6. The molecule has 0 radical (unpaired) electrons. The van der Waals surface area contributed by atoms with Crippen LogP contribution in [0.5, 0.6) is 0 Å². The number of hydrogen-bond acceptors (Lipinski definition) is 11. The third-order valence-electron chi connectivity index (χ3n) is 16.0. The zero-order valence-corrected chi connectivity index (χ0v) is 53.6. The first kappa shape index (κ1) is 64.2. The Labute approximate surface area is 551 Å². The molecule has 1 aliphatic rings. The van der Waals surface area contributed by atoms with E-state index in [1.807, 2.05) is 179 Å². The smallest absolute Gasteiger partial charge is 0.272 e. The van der Waals surface area contributed by atoms with E-state index in [1.165, 1.54) is 12.4 Å². The molecule has 0 saturated heterocycles. The van der Waals surface area contributed by atoms with Gasteiger partial charge in [-0.15, -0.1) is 0 Å². The molecule has 0 aliphatic heterocycles. The predicted octanol–water partition coefficient (Wildman–Crippen LogP) is 14.7. The summed E-state index contributed by atoms with van der Waals surface area (Å²) in [7, 11) is 0. The maximum atomic E-state index is 13.6. The third kappa shape index (κ3) is 14.2. The number of nitrogens with one attached hydrogen (secondary N) is 3. The number of aromatic nitrogens is 8. The summed E-state index contributed by atoms with van der Waals surface area (Å²) in [6.45, 7) is 11.8. The molecular formula is C74H64Cl3N11O5. The minimum atomic E-state index is -0.476. The summed E-state index contributed by atoms with van der Waals surface area (Å²) in [5.74, 6) is -0.0561. The van der Waals surface area contributed by atoms with Crippen LogP contribution in [0.4, 0.5) is 0 Å². The van der Waals surface area contributed by atoms with Gasteiger partial charge in [0.25, 0.3) is 28.5 Å². The lowest BCUT2D eigenvalue weighted by Crippen LogP contribution is -2.33. The predicted molar refractivity (Wildman–Crippen MR) is 370 cm³/mol. The van der Waals surface area contributed by atoms with Crippen molar-refractivity contribution in [3.8, 4) is 17.1 Å². The molecule has 3 N–H and O–H groups in total. The molecule has 6 aromatic carbocycles. The number of carbonyl (C=O) groups is 2. The van der Waals surface area contributed by atoms with Gasteiger partial charge in [0.05, 0.1) is 60.7 Å². The van der Waals surface area contributed by atoms with Crippen LogP contribution in [0.1, 0.15) is 114 Å². The van der Waals surface area contributed by atoms with E-state index in [0.29, 0.717) is 77.7 Å². The molecule has 2 amide bonds. The first-order valence-corrected chi connectivity index (χ1v) is 31.5. The molecule has 0 unspecified atom stereocenters. The molecule has 466 valence electrons. The summed E-state index contributed by atoms with van der Waals surface area (Å²) in [5.41, 5.74) is 7.30. The van der Waals surface area contributed by atoms with Crippen molar-refractivity contribution < 1.29 is 9.59 Å². The SMILES string of the molecule is C=C(N[C@@H](C)c1cc2cccc(Cl)c2c(=O)n1-c1ccccc1)c1cccnc1.CCc1nccnc1C(=O)N[C@@H](C)c1cc2cccc(Cl)c2c(=O)n1-c1ccccc1.C[C@H](NC(=O)c1nccnc1CC1CC1)c1cc2cccc(Cl)c2c(=O)n1-c1ccccc1. The molecule has 16 nitrogen and oxygen atoms in total. The van der Waals surface area contributed by atoms with E-state index >= 15 is 0 Å². The van der Waals surface area contributed by atoms with Gasteiger partial charge in [0.2, 0.25) is 0 Å². The van der Waals surface area contributed by atoms with Crippen LogP contribution in [-0.4, -0.2) is 50.4 Å². The Morgan fingerprint density at radius 3 is 1.24 bits per heavy atom. The second-order valence-electron chi connectivity index (χ2n) is 22.4. The van der Waals surface area contributed by atoms with Crippen molar-refractivity contribution in [1.29, 1.82) is 0 Å². The van der Waals surface area contributed by atoms with Crippen molar-refractivity contribution >= 4 is 84.6 Å². The molecule has 93 heavy (non-hydrogen) atoms. The standard InChI is InChI=1S/C26H23ClN4O2.C24H21ClN4O2.C24H20ClN3O/c1-16(30-25(32)24-21(14-17-10-11-17)28-12-13-29-24)22-15-18-6-5-9-20(27)23(18)26(33)31(22)19-7-3-2-4-8-19;1-3-19-22(27-13-12-26-19)23(30)28-15(2)20-14-16-8-7-11-18(25)21(16)24(31)29(20)17-9-5-4-6-10-17;1-16(19-9-7-13-26-15-19)27-17(2)22-14-18-8-6-12-21(25)23(18)24(29)28(22)20-10-4-3-5-11-20/h2-9,12-13,15-17H,10-11,14H2,1H3,(H,30,32);4-15H,3H2,1-2H3,(H,28,30);3-15,17,27H,1H2,2H3/t16-;15-;17-/m000/s1. The molecule has 19 heteroatoms. The van der Waals surface area contributed by atoms with Crippen LogP contribution in [0, 0.1) is 5.92 Å². The van der Waals surface area contributed by atoms with E-state index in [0.717, 1.165) is 63.8 Å². The topological polar surface area (TPSA) is 201 Å². The number of amides is 2. The van der Waals surface area contributed by atoms with Crippen molar-refractivity contribution in [1.82, 2.24) is 54.6 Å². The number of halogens is 3. The Kier molecular flexibility index (Phi) is 19.9. The van der Waals surface area contributed by atoms with E-state index < -0.39 is 12.1 Å². The van der Waals surface area contributed by atoms with Gasteiger partial charge in [-0.25, -0.2) is 9.97 Å². The van der Waals surface area contributed by atoms with Gasteiger partial charge in [-0.2, -0.15) is 0 Å². The Morgan fingerprint density at radius 2 is 0.860 bits per heavy atom. The van der Waals surface area contributed by atoms with E-state index in [-0.39, 0.29) is 40.2 Å². The molecule has 1 saturated carbocycles. The highest BCUT2D eigenvalue weighted by atomic mass is 35.5. The van der Waals surface area contributed by atoms with Gasteiger partial charge in [-0.1, -0.05) is 139 Å². The number of para-hydroxylation sites is 3. The normalized spacial score (nSPS) is 12.8. The molecule has 1 fully saturated rings. The molecule has 6 aromatic heterocycles. The zero-order chi connectivity index (χ0) is 65.3. The lowest BCUT2D eigenvalue weighted by atomic mass is 10.1. The van der Waals surface area contributed by atoms with Gasteiger partial charge in [0.1, 0.15) is 11.4 Å². The zero-order valence-electron chi connectivity index (χ0n) is 51.3.